The molecule has 0 saturated carbocycles. The van der Waals surface area contributed by atoms with Crippen molar-refractivity contribution in [3.63, 3.8) is 0 Å². The van der Waals surface area contributed by atoms with E-state index in [0.717, 1.165) is 32.6 Å². The quantitative estimate of drug-likeness (QED) is 0.331. The summed E-state index contributed by atoms with van der Waals surface area (Å²) < 4.78 is 5.88. The maximum atomic E-state index is 13.3. The molecule has 14 nitrogen and oxygen atoms in total. The van der Waals surface area contributed by atoms with Gasteiger partial charge in [0.1, 0.15) is 17.4 Å². The first-order valence-electron chi connectivity index (χ1n) is 13.4. The van der Waals surface area contributed by atoms with Crippen molar-refractivity contribution in [2.75, 3.05) is 38.0 Å². The number of carboxylic acids is 1. The molecule has 3 atom stereocenters. The molecule has 2 saturated heterocycles. The van der Waals surface area contributed by atoms with Crippen molar-refractivity contribution in [2.45, 2.75) is 70.6 Å². The number of amides is 1. The average molecular weight is 545 g/mol. The van der Waals surface area contributed by atoms with Crippen LogP contribution in [-0.4, -0.2) is 97.2 Å². The number of aryl methyl sites for hydroxylation is 1. The van der Waals surface area contributed by atoms with Crippen LogP contribution < -0.4 is 16.2 Å². The minimum atomic E-state index is -1.20. The summed E-state index contributed by atoms with van der Waals surface area (Å²) in [7, 11) is 0. The van der Waals surface area contributed by atoms with Gasteiger partial charge >= 0.3 is 5.97 Å². The number of anilines is 1. The van der Waals surface area contributed by atoms with Gasteiger partial charge in [0.25, 0.3) is 5.56 Å². The van der Waals surface area contributed by atoms with Crippen LogP contribution in [0, 0.1) is 6.92 Å². The van der Waals surface area contributed by atoms with Gasteiger partial charge < -0.3 is 15.7 Å². The first-order chi connectivity index (χ1) is 18.8. The van der Waals surface area contributed by atoms with E-state index in [1.54, 1.807) is 13.8 Å². The van der Waals surface area contributed by atoms with E-state index in [9.17, 15) is 24.3 Å². The number of Topliss-reactive ketones (excluding diaryl/α,β-unsaturated/α-hetero) is 1. The lowest BCUT2D eigenvalue weighted by atomic mass is 9.99. The van der Waals surface area contributed by atoms with Gasteiger partial charge in [0.15, 0.2) is 11.6 Å². The number of rotatable bonds is 12. The fraction of sp³-hybridized carbons (Fsp3) is 0.640. The van der Waals surface area contributed by atoms with Crippen LogP contribution in [0.15, 0.2) is 21.8 Å². The molecule has 0 aromatic carbocycles. The molecule has 0 bridgehead atoms. The maximum Gasteiger partial charge on any atom is 0.305 e. The zero-order valence-electron chi connectivity index (χ0n) is 22.3. The fourth-order valence-electron chi connectivity index (χ4n) is 5.26. The van der Waals surface area contributed by atoms with Gasteiger partial charge in [-0.15, -0.1) is 0 Å². The number of nitrogens with one attached hydrogen (secondary N) is 2. The number of hydrogen-bond acceptors (Lipinski definition) is 11. The lowest BCUT2D eigenvalue weighted by Gasteiger charge is -2.44. The van der Waals surface area contributed by atoms with Crippen LogP contribution in [0.25, 0.3) is 0 Å². The third-order valence-electron chi connectivity index (χ3n) is 7.45. The lowest BCUT2D eigenvalue weighted by Crippen LogP contribution is -2.57. The van der Waals surface area contributed by atoms with Crippen molar-refractivity contribution in [3.8, 4) is 0 Å². The monoisotopic (exact) mass is 544 g/mol. The van der Waals surface area contributed by atoms with Gasteiger partial charge in [-0.05, 0) is 32.7 Å². The summed E-state index contributed by atoms with van der Waals surface area (Å²) >= 11 is 0. The van der Waals surface area contributed by atoms with Crippen molar-refractivity contribution >= 4 is 23.5 Å². The smallest absolute Gasteiger partial charge is 0.305 e. The van der Waals surface area contributed by atoms with Gasteiger partial charge in [0.05, 0.1) is 25.6 Å². The summed E-state index contributed by atoms with van der Waals surface area (Å²) in [5, 5.41) is 22.4. The zero-order valence-corrected chi connectivity index (χ0v) is 22.3. The predicted molar refractivity (Wildman–Crippen MR) is 139 cm³/mol. The SMILES string of the molecule is CCC(C(=O)N[C@@H](CC(=O)O)C(=O)CN1CCN2CCCCC2C1)n1ccnc(NCc2nonc2C)c1=O. The highest BCUT2D eigenvalue weighted by Gasteiger charge is 2.33. The third kappa shape index (κ3) is 7.06. The second-order valence-electron chi connectivity index (χ2n) is 10.1. The Balaban J connectivity index is 1.42. The van der Waals surface area contributed by atoms with Gasteiger partial charge in [-0.2, -0.15) is 0 Å². The van der Waals surface area contributed by atoms with Crippen LogP contribution in [0.1, 0.15) is 56.5 Å². The van der Waals surface area contributed by atoms with Crippen molar-refractivity contribution in [3.05, 3.63) is 34.1 Å². The Bertz CT molecular complexity index is 1230. The van der Waals surface area contributed by atoms with Gasteiger partial charge in [0.2, 0.25) is 5.91 Å². The number of nitrogens with zero attached hydrogens (tertiary/aromatic N) is 6. The normalized spacial score (nSPS) is 19.6. The van der Waals surface area contributed by atoms with Crippen LogP contribution in [0.2, 0.25) is 0 Å². The Morgan fingerprint density at radius 2 is 2.03 bits per heavy atom. The molecule has 0 radical (unpaired) electrons. The predicted octanol–water partition coefficient (Wildman–Crippen LogP) is 0.197. The van der Waals surface area contributed by atoms with Gasteiger partial charge in [-0.25, -0.2) is 9.61 Å². The van der Waals surface area contributed by atoms with Crippen molar-refractivity contribution in [2.24, 2.45) is 0 Å². The Hall–Kier alpha value is -3.65. The molecular formula is C25H36N8O6. The minimum absolute atomic E-state index is 0.00571. The van der Waals surface area contributed by atoms with Crippen LogP contribution in [-0.2, 0) is 20.9 Å². The zero-order chi connectivity index (χ0) is 27.9. The van der Waals surface area contributed by atoms with Crippen molar-refractivity contribution < 1.29 is 24.1 Å². The summed E-state index contributed by atoms with van der Waals surface area (Å²) in [6, 6.07) is -1.76. The number of piperazine rings is 1. The summed E-state index contributed by atoms with van der Waals surface area (Å²) in [5.74, 6) is -2.15. The van der Waals surface area contributed by atoms with E-state index in [1.807, 2.05) is 4.90 Å². The largest absolute Gasteiger partial charge is 0.481 e. The van der Waals surface area contributed by atoms with E-state index < -0.39 is 35.9 Å². The number of aliphatic carboxylic acids is 1. The van der Waals surface area contributed by atoms with E-state index in [4.69, 9.17) is 0 Å². The van der Waals surface area contributed by atoms with Crippen molar-refractivity contribution in [1.82, 2.24) is 35.0 Å². The Kier molecular flexibility index (Phi) is 9.41. The number of piperidine rings is 1. The summed E-state index contributed by atoms with van der Waals surface area (Å²) in [6.45, 7) is 7.08. The summed E-state index contributed by atoms with van der Waals surface area (Å²) in [4.78, 5) is 59.7. The molecule has 1 amide bonds. The number of hydrogen-bond donors (Lipinski definition) is 3. The molecule has 4 rings (SSSR count). The Labute approximate surface area is 225 Å². The Morgan fingerprint density at radius 3 is 2.74 bits per heavy atom. The van der Waals surface area contributed by atoms with E-state index in [1.165, 1.54) is 29.8 Å². The molecule has 0 aliphatic carbocycles. The second kappa shape index (κ2) is 12.9. The number of carbonyl (C=O) groups is 3. The van der Waals surface area contributed by atoms with Gasteiger partial charge in [-0.1, -0.05) is 23.7 Å². The summed E-state index contributed by atoms with van der Waals surface area (Å²) in [5.41, 5.74) is 0.538. The highest BCUT2D eigenvalue weighted by molar-refractivity contribution is 5.94. The van der Waals surface area contributed by atoms with Gasteiger partial charge in [-0.3, -0.25) is 33.5 Å². The number of aromatic nitrogens is 4. The van der Waals surface area contributed by atoms with Gasteiger partial charge in [0, 0.05) is 38.1 Å². The van der Waals surface area contributed by atoms with E-state index >= 15 is 0 Å². The maximum absolute atomic E-state index is 13.3. The van der Waals surface area contributed by atoms with Crippen LogP contribution in [0.5, 0.6) is 0 Å². The van der Waals surface area contributed by atoms with E-state index in [2.05, 4.69) is 35.5 Å². The lowest BCUT2D eigenvalue weighted by molar-refractivity contribution is -0.140. The molecule has 2 fully saturated rings. The molecule has 2 unspecified atom stereocenters. The molecule has 0 spiro atoms. The molecule has 2 aromatic heterocycles. The van der Waals surface area contributed by atoms with Crippen LogP contribution in [0.3, 0.4) is 0 Å². The molecule has 39 heavy (non-hydrogen) atoms. The van der Waals surface area contributed by atoms with E-state index in [0.29, 0.717) is 17.4 Å². The molecule has 2 aliphatic rings. The molecular weight excluding hydrogens is 508 g/mol. The molecule has 2 aromatic rings. The number of fused-ring (bicyclic) bond motifs is 1. The van der Waals surface area contributed by atoms with Crippen LogP contribution in [0.4, 0.5) is 5.82 Å². The second-order valence-corrected chi connectivity index (χ2v) is 10.1. The first kappa shape index (κ1) is 28.4. The first-order valence-corrected chi connectivity index (χ1v) is 13.4. The Morgan fingerprint density at radius 1 is 1.21 bits per heavy atom. The number of carbonyl (C=O) groups excluding carboxylic acids is 2. The molecule has 14 heteroatoms. The molecule has 212 valence electrons. The molecule has 3 N–H and O–H groups in total. The fourth-order valence-corrected chi connectivity index (χ4v) is 5.26. The highest BCUT2D eigenvalue weighted by Crippen LogP contribution is 2.21. The number of carboxylic acid groups (broad SMARTS) is 1. The van der Waals surface area contributed by atoms with Crippen LogP contribution >= 0.6 is 0 Å². The topological polar surface area (TPSA) is 176 Å². The third-order valence-corrected chi connectivity index (χ3v) is 7.45. The highest BCUT2D eigenvalue weighted by atomic mass is 16.6. The standard InChI is InChI=1S/C25H36N8O6/c1-3-20(33-9-7-26-23(25(33)38)27-13-19-16(2)29-39-30-19)24(37)28-18(12-22(35)36)21(34)15-31-10-11-32-8-5-4-6-17(32)14-31/h7,9,17-18,20H,3-6,8,10-15H2,1-2H3,(H,26,27)(H,28,37)(H,35,36)/t17?,18-,20?/m0/s1. The molecule has 2 aliphatic heterocycles. The molecule has 4 heterocycles. The summed E-state index contributed by atoms with van der Waals surface area (Å²) in [6.07, 6.45) is 5.93. The number of ketones is 1. The van der Waals surface area contributed by atoms with Crippen molar-refractivity contribution in [1.29, 1.82) is 0 Å². The minimum Gasteiger partial charge on any atom is -0.481 e. The average Bonchev–Trinajstić information content (AvgIpc) is 3.33. The van der Waals surface area contributed by atoms with E-state index in [-0.39, 0.29) is 31.1 Å².